The van der Waals surface area contributed by atoms with Gasteiger partial charge in [0.15, 0.2) is 31.5 Å². The average Bonchev–Trinajstić information content (AvgIpc) is 2.81. The largest absolute Gasteiger partial charge is 0.508 e. The zero-order chi connectivity index (χ0) is 25.6. The van der Waals surface area contributed by atoms with Crippen LogP contribution in [0, 0.1) is 0 Å². The molecule has 0 spiro atoms. The molecule has 0 radical (unpaired) electrons. The third-order valence-corrected chi connectivity index (χ3v) is 6.54. The summed E-state index contributed by atoms with van der Waals surface area (Å²) in [5.41, 5.74) is 0. The smallest absolute Gasteiger partial charge is 0.391 e. The van der Waals surface area contributed by atoms with E-state index in [2.05, 4.69) is 0 Å². The Kier molecular flexibility index (Phi) is 23.2. The molecule has 0 aromatic rings. The number of unbranched alkanes of at least 4 members (excludes halogenated alkanes) is 3. The van der Waals surface area contributed by atoms with E-state index in [4.69, 9.17) is 28.0 Å². The number of hydrogen-bond acceptors (Lipinski definition) is 10. The lowest BCUT2D eigenvalue weighted by molar-refractivity contribution is -0.209. The van der Waals surface area contributed by atoms with Crippen LogP contribution < -0.4 is 0 Å². The minimum Gasteiger partial charge on any atom is -0.391 e. The summed E-state index contributed by atoms with van der Waals surface area (Å²) in [7, 11) is -3.57. The first-order chi connectivity index (χ1) is 16.3. The van der Waals surface area contributed by atoms with Gasteiger partial charge in [0.05, 0.1) is 18.8 Å². The Balaban J connectivity index is 3.87. The minimum atomic E-state index is -1.84. The lowest BCUT2D eigenvalue weighted by Gasteiger charge is -2.18. The van der Waals surface area contributed by atoms with E-state index in [0.717, 1.165) is 38.5 Å². The Morgan fingerprint density at radius 1 is 0.676 bits per heavy atom. The van der Waals surface area contributed by atoms with Crippen LogP contribution in [0.2, 0.25) is 0 Å². The number of ether oxygens (including phenoxy) is 4. The monoisotopic (exact) mass is 532 g/mol. The van der Waals surface area contributed by atoms with Crippen molar-refractivity contribution < 1.29 is 47.3 Å². The molecular formula is C22H46O10P2+2. The van der Waals surface area contributed by atoms with Gasteiger partial charge in [-0.1, -0.05) is 13.8 Å². The van der Waals surface area contributed by atoms with Crippen molar-refractivity contribution >= 4 is 16.1 Å². The summed E-state index contributed by atoms with van der Waals surface area (Å²) < 4.78 is 56.2. The van der Waals surface area contributed by atoms with E-state index in [-0.39, 0.29) is 32.5 Å². The zero-order valence-electron chi connectivity index (χ0n) is 21.3. The van der Waals surface area contributed by atoms with Crippen molar-refractivity contribution in [3.05, 3.63) is 0 Å². The molecule has 0 aliphatic rings. The van der Waals surface area contributed by atoms with Gasteiger partial charge in [-0.2, -0.15) is 0 Å². The van der Waals surface area contributed by atoms with Crippen LogP contribution >= 0.6 is 16.1 Å². The second-order valence-electron chi connectivity index (χ2n) is 8.07. The second-order valence-corrected chi connectivity index (χ2v) is 10.8. The maximum atomic E-state index is 12.1. The Bertz CT molecular complexity index is 510. The second kappa shape index (κ2) is 23.3. The summed E-state index contributed by atoms with van der Waals surface area (Å²) in [5.74, 6) is 0. The molecule has 0 aliphatic heterocycles. The van der Waals surface area contributed by atoms with Crippen LogP contribution in [0.15, 0.2) is 0 Å². The van der Waals surface area contributed by atoms with E-state index >= 15 is 0 Å². The standard InChI is InChI=1S/C22H46O10P2/c1-5-11-27-21(24)17-30-22(28-12-6-2)18-32-34(26)14-10-8-7-9-13-33(25)31-16-20(4)29-15-19(3)23/h19-24H,5-18H2,1-4H3/q+2. The molecule has 0 bridgehead atoms. The van der Waals surface area contributed by atoms with E-state index in [9.17, 15) is 19.3 Å². The van der Waals surface area contributed by atoms with Gasteiger partial charge in [-0.15, -0.1) is 9.05 Å². The molecular weight excluding hydrogens is 486 g/mol. The molecule has 6 atom stereocenters. The van der Waals surface area contributed by atoms with Crippen LogP contribution in [0.3, 0.4) is 0 Å². The van der Waals surface area contributed by atoms with Gasteiger partial charge in [-0.05, 0) is 61.5 Å². The van der Waals surface area contributed by atoms with E-state index in [0.29, 0.717) is 25.5 Å². The van der Waals surface area contributed by atoms with Gasteiger partial charge < -0.3 is 29.2 Å². The molecule has 0 aromatic carbocycles. The first kappa shape index (κ1) is 33.9. The molecule has 0 heterocycles. The van der Waals surface area contributed by atoms with Crippen molar-refractivity contribution in [1.82, 2.24) is 0 Å². The first-order valence-corrected chi connectivity index (χ1v) is 15.0. The summed E-state index contributed by atoms with van der Waals surface area (Å²) in [4.78, 5) is 0. The fourth-order valence-corrected chi connectivity index (χ4v) is 4.42. The number of aliphatic hydroxyl groups is 2. The maximum Gasteiger partial charge on any atom is 0.508 e. The summed E-state index contributed by atoms with van der Waals surface area (Å²) in [6.45, 7) is 8.71. The van der Waals surface area contributed by atoms with Crippen molar-refractivity contribution in [2.24, 2.45) is 0 Å². The highest BCUT2D eigenvalue weighted by Crippen LogP contribution is 2.27. The molecule has 0 aliphatic carbocycles. The van der Waals surface area contributed by atoms with E-state index < -0.39 is 34.7 Å². The first-order valence-electron chi connectivity index (χ1n) is 12.3. The summed E-state index contributed by atoms with van der Waals surface area (Å²) in [5, 5.41) is 18.9. The van der Waals surface area contributed by atoms with Gasteiger partial charge in [0.25, 0.3) is 0 Å². The predicted molar refractivity (Wildman–Crippen MR) is 131 cm³/mol. The van der Waals surface area contributed by atoms with E-state index in [1.165, 1.54) is 0 Å². The van der Waals surface area contributed by atoms with Gasteiger partial charge in [0, 0.05) is 13.2 Å². The van der Waals surface area contributed by atoms with Gasteiger partial charge in [0.1, 0.15) is 13.2 Å². The summed E-state index contributed by atoms with van der Waals surface area (Å²) in [6, 6.07) is 0. The van der Waals surface area contributed by atoms with E-state index in [1.807, 2.05) is 20.8 Å². The molecule has 2 N–H and O–H groups in total. The number of aliphatic hydroxyl groups excluding tert-OH is 2. The third-order valence-electron chi connectivity index (χ3n) is 4.31. The molecule has 0 amide bonds. The van der Waals surface area contributed by atoms with E-state index in [1.54, 1.807) is 6.92 Å². The maximum absolute atomic E-state index is 12.1. The number of hydrogen-bond donors (Lipinski definition) is 2. The Hall–Kier alpha value is -0.120. The van der Waals surface area contributed by atoms with Crippen LogP contribution in [0.5, 0.6) is 0 Å². The minimum absolute atomic E-state index is 0.0207. The normalized spacial score (nSPS) is 16.2. The SMILES string of the molecule is CCCOC(O)COC(CO[P+](=O)CCCCCC[P+](=O)OCC(C)OCC(C)O)OCCC. The molecule has 0 aromatic heterocycles. The molecule has 202 valence electrons. The van der Waals surface area contributed by atoms with Crippen LogP contribution in [0.4, 0.5) is 0 Å². The molecule has 0 rings (SSSR count). The van der Waals surface area contributed by atoms with Crippen LogP contribution in [-0.4, -0.2) is 87.0 Å². The zero-order valence-corrected chi connectivity index (χ0v) is 23.1. The van der Waals surface area contributed by atoms with Crippen molar-refractivity contribution in [3.63, 3.8) is 0 Å². The van der Waals surface area contributed by atoms with Gasteiger partial charge >= 0.3 is 16.1 Å². The van der Waals surface area contributed by atoms with Gasteiger partial charge in [-0.25, -0.2) is 0 Å². The molecule has 10 nitrogen and oxygen atoms in total. The predicted octanol–water partition coefficient (Wildman–Crippen LogP) is 4.37. The molecule has 0 fully saturated rings. The molecule has 34 heavy (non-hydrogen) atoms. The van der Waals surface area contributed by atoms with Crippen LogP contribution in [0.25, 0.3) is 0 Å². The summed E-state index contributed by atoms with van der Waals surface area (Å²) >= 11 is 0. The highest BCUT2D eigenvalue weighted by molar-refractivity contribution is 7.39. The summed E-state index contributed by atoms with van der Waals surface area (Å²) in [6.07, 6.45) is 3.21. The fraction of sp³-hybridized carbons (Fsp3) is 1.00. The Labute approximate surface area is 206 Å². The Morgan fingerprint density at radius 2 is 1.24 bits per heavy atom. The van der Waals surface area contributed by atoms with Gasteiger partial charge in [-0.3, -0.25) is 0 Å². The molecule has 12 heteroatoms. The van der Waals surface area contributed by atoms with Gasteiger partial charge in [0.2, 0.25) is 0 Å². The van der Waals surface area contributed by atoms with Crippen LogP contribution in [-0.2, 0) is 37.1 Å². The molecule has 0 saturated carbocycles. The third kappa shape index (κ3) is 22.4. The molecule has 6 unspecified atom stereocenters. The fourth-order valence-electron chi connectivity index (χ4n) is 2.53. The van der Waals surface area contributed by atoms with Crippen molar-refractivity contribution in [3.8, 4) is 0 Å². The Morgan fingerprint density at radius 3 is 1.79 bits per heavy atom. The van der Waals surface area contributed by atoms with Crippen LogP contribution in [0.1, 0.15) is 66.2 Å². The average molecular weight is 533 g/mol. The lowest BCUT2D eigenvalue weighted by atomic mass is 10.2. The van der Waals surface area contributed by atoms with Crippen molar-refractivity contribution in [1.29, 1.82) is 0 Å². The molecule has 0 saturated heterocycles. The quantitative estimate of drug-likeness (QED) is 0.0993. The lowest BCUT2D eigenvalue weighted by Crippen LogP contribution is -2.29. The topological polar surface area (TPSA) is 130 Å². The van der Waals surface area contributed by atoms with Crippen molar-refractivity contribution in [2.75, 3.05) is 52.0 Å². The van der Waals surface area contributed by atoms with Crippen molar-refractivity contribution in [2.45, 2.75) is 91.0 Å². The number of rotatable bonds is 25. The highest BCUT2D eigenvalue weighted by Gasteiger charge is 2.23. The highest BCUT2D eigenvalue weighted by atomic mass is 31.1.